The first kappa shape index (κ1) is 39.2. The number of hydrogen-bond acceptors (Lipinski definition) is 7. The number of amides is 5. The van der Waals surface area contributed by atoms with Gasteiger partial charge in [0.2, 0.25) is 23.6 Å². The molecule has 51 heavy (non-hydrogen) atoms. The monoisotopic (exact) mass is 701 g/mol. The molecule has 0 saturated carbocycles. The van der Waals surface area contributed by atoms with Crippen LogP contribution in [0.2, 0.25) is 0 Å². The third-order valence-corrected chi connectivity index (χ3v) is 9.23. The topological polar surface area (TPSA) is 179 Å². The zero-order chi connectivity index (χ0) is 36.9. The van der Waals surface area contributed by atoms with Gasteiger partial charge >= 0.3 is 0 Å². The van der Waals surface area contributed by atoms with Crippen LogP contribution < -0.4 is 27.0 Å². The number of aromatic nitrogens is 1. The molecule has 3 aromatic rings. The van der Waals surface area contributed by atoms with Gasteiger partial charge in [0.05, 0.1) is 12.6 Å². The number of carbonyl (C=O) groups excluding carboxylic acids is 5. The van der Waals surface area contributed by atoms with Crippen molar-refractivity contribution in [3.05, 3.63) is 71.9 Å². The lowest BCUT2D eigenvalue weighted by molar-refractivity contribution is -0.153. The van der Waals surface area contributed by atoms with Gasteiger partial charge in [0.1, 0.15) is 18.1 Å². The van der Waals surface area contributed by atoms with E-state index < -0.39 is 41.9 Å². The molecule has 12 nitrogen and oxygen atoms in total. The summed E-state index contributed by atoms with van der Waals surface area (Å²) >= 11 is 0. The highest BCUT2D eigenvalue weighted by Gasteiger charge is 2.41. The second kappa shape index (κ2) is 19.2. The maximum absolute atomic E-state index is 14.5. The van der Waals surface area contributed by atoms with Crippen molar-refractivity contribution < 1.29 is 24.0 Å². The van der Waals surface area contributed by atoms with Crippen molar-refractivity contribution in [2.45, 2.75) is 96.8 Å². The highest BCUT2D eigenvalue weighted by molar-refractivity contribution is 6.05. The first-order valence-electron chi connectivity index (χ1n) is 18.2. The number of nitrogens with two attached hydrogens (primary N) is 1. The summed E-state index contributed by atoms with van der Waals surface area (Å²) in [6, 6.07) is 12.9. The summed E-state index contributed by atoms with van der Waals surface area (Å²) in [5.74, 6) is -2.15. The number of H-pyrrole nitrogens is 1. The lowest BCUT2D eigenvalue weighted by atomic mass is 9.99. The van der Waals surface area contributed by atoms with E-state index in [2.05, 4.69) is 40.1 Å². The fraction of sp³-hybridized carbons (Fsp3) is 0.513. The minimum Gasteiger partial charge on any atom is -0.361 e. The average Bonchev–Trinajstić information content (AvgIpc) is 3.52. The van der Waals surface area contributed by atoms with Crippen LogP contribution in [0.4, 0.5) is 0 Å². The predicted octanol–water partition coefficient (Wildman–Crippen LogP) is 2.96. The van der Waals surface area contributed by atoms with Gasteiger partial charge in [-0.1, -0.05) is 76.2 Å². The largest absolute Gasteiger partial charge is 0.361 e. The van der Waals surface area contributed by atoms with Crippen LogP contribution >= 0.6 is 0 Å². The Morgan fingerprint density at radius 1 is 0.902 bits per heavy atom. The molecule has 1 aliphatic heterocycles. The molecule has 0 unspecified atom stereocenters. The predicted molar refractivity (Wildman–Crippen MR) is 198 cm³/mol. The van der Waals surface area contributed by atoms with Gasteiger partial charge in [-0.15, -0.1) is 0 Å². The van der Waals surface area contributed by atoms with Gasteiger partial charge in [-0.3, -0.25) is 34.2 Å². The first-order valence-corrected chi connectivity index (χ1v) is 18.2. The number of benzene rings is 2. The van der Waals surface area contributed by atoms with Crippen molar-refractivity contribution in [1.29, 1.82) is 0 Å². The number of unbranched alkanes of at least 4 members (excludes halogenated alkanes) is 1. The van der Waals surface area contributed by atoms with Gasteiger partial charge in [-0.2, -0.15) is 0 Å². The van der Waals surface area contributed by atoms with Crippen molar-refractivity contribution in [2.75, 3.05) is 19.6 Å². The highest BCUT2D eigenvalue weighted by Crippen LogP contribution is 2.21. The van der Waals surface area contributed by atoms with Crippen molar-refractivity contribution in [3.8, 4) is 0 Å². The second-order valence-corrected chi connectivity index (χ2v) is 14.3. The minimum atomic E-state index is -1.25. The summed E-state index contributed by atoms with van der Waals surface area (Å²) in [6.45, 7) is 8.57. The molecule has 4 atom stereocenters. The molecule has 0 aliphatic carbocycles. The van der Waals surface area contributed by atoms with Gasteiger partial charge in [0, 0.05) is 36.5 Å². The lowest BCUT2D eigenvalue weighted by Crippen LogP contribution is -2.60. The van der Waals surface area contributed by atoms with Crippen LogP contribution in [-0.4, -0.2) is 83.2 Å². The zero-order valence-electron chi connectivity index (χ0n) is 30.4. The number of rotatable bonds is 17. The quantitative estimate of drug-likeness (QED) is 0.0926. The second-order valence-electron chi connectivity index (χ2n) is 14.3. The summed E-state index contributed by atoms with van der Waals surface area (Å²) in [5.41, 5.74) is 8.35. The van der Waals surface area contributed by atoms with Crippen LogP contribution in [0.5, 0.6) is 0 Å². The van der Waals surface area contributed by atoms with Crippen molar-refractivity contribution >= 4 is 40.4 Å². The van der Waals surface area contributed by atoms with Gasteiger partial charge < -0.3 is 26.7 Å². The molecule has 276 valence electrons. The Morgan fingerprint density at radius 2 is 1.63 bits per heavy atom. The average molecular weight is 702 g/mol. The molecule has 0 spiro atoms. The summed E-state index contributed by atoms with van der Waals surface area (Å²) in [7, 11) is 0. The molecule has 2 aromatic carbocycles. The first-order chi connectivity index (χ1) is 24.5. The Hall–Kier alpha value is -4.55. The van der Waals surface area contributed by atoms with Crippen molar-refractivity contribution in [3.63, 3.8) is 0 Å². The number of carbonyl (C=O) groups is 5. The molecule has 0 bridgehead atoms. The third-order valence-electron chi connectivity index (χ3n) is 9.23. The number of para-hydroxylation sites is 1. The molecular formula is C39H55N7O5. The normalized spacial score (nSPS) is 18.3. The van der Waals surface area contributed by atoms with E-state index in [1.807, 2.05) is 74.6 Å². The van der Waals surface area contributed by atoms with E-state index >= 15 is 0 Å². The van der Waals surface area contributed by atoms with E-state index in [1.165, 1.54) is 0 Å². The van der Waals surface area contributed by atoms with Crippen LogP contribution in [0.25, 0.3) is 10.9 Å². The smallest absolute Gasteiger partial charge is 0.252 e. The summed E-state index contributed by atoms with van der Waals surface area (Å²) in [4.78, 5) is 74.5. The highest BCUT2D eigenvalue weighted by atomic mass is 16.2. The molecule has 1 fully saturated rings. The Balaban J connectivity index is 1.69. The fourth-order valence-corrected chi connectivity index (χ4v) is 6.45. The molecular weight excluding hydrogens is 646 g/mol. The van der Waals surface area contributed by atoms with Gasteiger partial charge in [0.15, 0.2) is 0 Å². The maximum atomic E-state index is 14.5. The molecule has 1 aromatic heterocycles. The van der Waals surface area contributed by atoms with E-state index in [4.69, 9.17) is 5.73 Å². The molecule has 5 amide bonds. The van der Waals surface area contributed by atoms with E-state index in [0.29, 0.717) is 38.3 Å². The maximum Gasteiger partial charge on any atom is 0.252 e. The Bertz CT molecular complexity index is 1620. The van der Waals surface area contributed by atoms with Gasteiger partial charge in [0.25, 0.3) is 5.91 Å². The number of hydrogen-bond donors (Lipinski definition) is 6. The third kappa shape index (κ3) is 11.2. The van der Waals surface area contributed by atoms with Crippen LogP contribution in [0.15, 0.2) is 60.8 Å². The van der Waals surface area contributed by atoms with Crippen LogP contribution in [0.3, 0.4) is 0 Å². The molecule has 0 radical (unpaired) electrons. The van der Waals surface area contributed by atoms with Crippen LogP contribution in [0.1, 0.15) is 70.9 Å². The molecule has 7 N–H and O–H groups in total. The van der Waals surface area contributed by atoms with Gasteiger partial charge in [-0.05, 0) is 67.7 Å². The number of imide groups is 1. The Morgan fingerprint density at radius 3 is 2.33 bits per heavy atom. The minimum absolute atomic E-state index is 0.127. The van der Waals surface area contributed by atoms with Crippen molar-refractivity contribution in [2.24, 2.45) is 17.6 Å². The molecule has 12 heteroatoms. The summed E-state index contributed by atoms with van der Waals surface area (Å²) in [5, 5.41) is 12.8. The standard InChI is InChI=1S/C39H55N7O5/c1-25(2)17-19-41-36(48)32(22-28-23-42-30-15-9-8-14-29(28)30)44-38(50)34(16-10-11-18-40)46-35(47)24-43-31(20-26(3)4)37(49)45-33(39(46)51)21-27-12-6-5-7-13-27/h5-9,12-15,23,25-26,31-34,42-43H,10-11,16-22,24,40H2,1-4H3,(H,41,48)(H,44,50)(H,45,49)/t31-,32+,33+,34+/m1/s1. The van der Waals surface area contributed by atoms with Gasteiger partial charge in [-0.25, -0.2) is 0 Å². The van der Waals surface area contributed by atoms with E-state index in [-0.39, 0.29) is 43.5 Å². The number of fused-ring (bicyclic) bond motifs is 1. The lowest BCUT2D eigenvalue weighted by Gasteiger charge is -2.33. The fourth-order valence-electron chi connectivity index (χ4n) is 6.45. The summed E-state index contributed by atoms with van der Waals surface area (Å²) in [6.07, 6.45) is 4.51. The van der Waals surface area contributed by atoms with E-state index in [0.717, 1.165) is 33.4 Å². The molecule has 4 rings (SSSR count). The zero-order valence-corrected chi connectivity index (χ0v) is 30.4. The molecule has 1 saturated heterocycles. The van der Waals surface area contributed by atoms with Crippen LogP contribution in [0, 0.1) is 11.8 Å². The SMILES string of the molecule is CC(C)CCNC(=O)[C@H](Cc1c[nH]c2ccccc12)NC(=O)[C@H](CCCCN)N1C(=O)CN[C@H](CC(C)C)C(=O)N[C@@H](Cc2ccccc2)C1=O. The van der Waals surface area contributed by atoms with E-state index in [9.17, 15) is 24.0 Å². The summed E-state index contributed by atoms with van der Waals surface area (Å²) < 4.78 is 0. The number of nitrogens with zero attached hydrogens (tertiary/aromatic N) is 1. The molecule has 2 heterocycles. The number of aromatic amines is 1. The Kier molecular flexibility index (Phi) is 14.7. The van der Waals surface area contributed by atoms with Crippen LogP contribution in [-0.2, 0) is 36.8 Å². The van der Waals surface area contributed by atoms with Crippen molar-refractivity contribution in [1.82, 2.24) is 31.2 Å². The van der Waals surface area contributed by atoms with E-state index in [1.54, 1.807) is 0 Å². The molecule has 1 aliphatic rings. The number of nitrogens with one attached hydrogen (secondary N) is 5. The Labute approximate surface area is 301 Å².